The van der Waals surface area contributed by atoms with Crippen molar-refractivity contribution in [2.24, 2.45) is 7.05 Å². The fourth-order valence-electron chi connectivity index (χ4n) is 4.06. The molecule has 0 bridgehead atoms. The Morgan fingerprint density at radius 2 is 1.97 bits per heavy atom. The zero-order valence-electron chi connectivity index (χ0n) is 18.9. The van der Waals surface area contributed by atoms with E-state index in [2.05, 4.69) is 26.7 Å². The lowest BCUT2D eigenvalue weighted by molar-refractivity contribution is 0.256. The maximum Gasteiger partial charge on any atom is 0.122 e. The van der Waals surface area contributed by atoms with Gasteiger partial charge in [-0.05, 0) is 55.8 Å². The number of rotatable bonds is 10. The van der Waals surface area contributed by atoms with Gasteiger partial charge in [0.15, 0.2) is 0 Å². The van der Waals surface area contributed by atoms with E-state index in [9.17, 15) is 0 Å². The van der Waals surface area contributed by atoms with Crippen LogP contribution in [0, 0.1) is 0 Å². The minimum absolute atomic E-state index is 0.688. The zero-order valence-corrected chi connectivity index (χ0v) is 19.7. The number of methoxy groups -OCH3 is 1. The van der Waals surface area contributed by atoms with Crippen LogP contribution in [-0.2, 0) is 13.6 Å². The molecule has 0 unspecified atom stereocenters. The highest BCUT2D eigenvalue weighted by Gasteiger charge is 2.12. The lowest BCUT2D eigenvalue weighted by Crippen LogP contribution is -2.28. The number of aromatic nitrogens is 3. The van der Waals surface area contributed by atoms with E-state index in [1.807, 2.05) is 55.8 Å². The van der Waals surface area contributed by atoms with Gasteiger partial charge in [-0.15, -0.1) is 0 Å². The summed E-state index contributed by atoms with van der Waals surface area (Å²) < 4.78 is 7.55. The Hall–Kier alpha value is -2.83. The summed E-state index contributed by atoms with van der Waals surface area (Å²) >= 11 is 6.24. The Labute approximate surface area is 194 Å². The first-order valence-electron chi connectivity index (χ1n) is 11.1. The summed E-state index contributed by atoms with van der Waals surface area (Å²) in [6, 6.07) is 11.9. The summed E-state index contributed by atoms with van der Waals surface area (Å²) in [4.78, 5) is 11.8. The van der Waals surface area contributed by atoms with Crippen LogP contribution in [0.25, 0.3) is 21.8 Å². The number of anilines is 1. The molecule has 0 aliphatic rings. The molecule has 2 heterocycles. The molecule has 0 amide bonds. The van der Waals surface area contributed by atoms with Gasteiger partial charge in [0.1, 0.15) is 11.6 Å². The van der Waals surface area contributed by atoms with Gasteiger partial charge in [0, 0.05) is 48.3 Å². The number of hydrogen-bond acceptors (Lipinski definition) is 5. The van der Waals surface area contributed by atoms with Crippen LogP contribution >= 0.6 is 11.6 Å². The highest BCUT2D eigenvalue weighted by atomic mass is 35.5. The number of nitrogens with one attached hydrogen (secondary N) is 1. The summed E-state index contributed by atoms with van der Waals surface area (Å²) in [6.07, 6.45) is 6.01. The molecule has 7 heteroatoms. The van der Waals surface area contributed by atoms with Gasteiger partial charge in [0.05, 0.1) is 30.4 Å². The molecule has 6 nitrogen and oxygen atoms in total. The van der Waals surface area contributed by atoms with Crippen molar-refractivity contribution in [2.75, 3.05) is 32.1 Å². The number of ether oxygens (including phenoxy) is 1. The van der Waals surface area contributed by atoms with Gasteiger partial charge in [-0.2, -0.15) is 0 Å². The van der Waals surface area contributed by atoms with Crippen LogP contribution in [0.3, 0.4) is 0 Å². The third-order valence-electron chi connectivity index (χ3n) is 5.72. The third kappa shape index (κ3) is 4.97. The van der Waals surface area contributed by atoms with Crippen molar-refractivity contribution in [3.63, 3.8) is 0 Å². The number of imidazole rings is 1. The van der Waals surface area contributed by atoms with E-state index in [0.717, 1.165) is 78.1 Å². The van der Waals surface area contributed by atoms with E-state index >= 15 is 0 Å². The maximum atomic E-state index is 6.24. The third-order valence-corrected chi connectivity index (χ3v) is 5.96. The summed E-state index contributed by atoms with van der Waals surface area (Å²) in [7, 11) is 3.74. The molecule has 0 aliphatic carbocycles. The van der Waals surface area contributed by atoms with E-state index in [4.69, 9.17) is 21.3 Å². The first-order chi connectivity index (χ1) is 15.6. The average Bonchev–Trinajstić information content (AvgIpc) is 3.19. The topological polar surface area (TPSA) is 55.2 Å². The molecule has 4 rings (SSSR count). The van der Waals surface area contributed by atoms with Gasteiger partial charge in [0.2, 0.25) is 0 Å². The summed E-state index contributed by atoms with van der Waals surface area (Å²) in [6.45, 7) is 6.01. The molecule has 32 heavy (non-hydrogen) atoms. The van der Waals surface area contributed by atoms with Gasteiger partial charge >= 0.3 is 0 Å². The molecule has 4 aromatic rings. The molecule has 2 aromatic carbocycles. The van der Waals surface area contributed by atoms with Crippen LogP contribution in [0.1, 0.15) is 25.6 Å². The predicted octanol–water partition coefficient (Wildman–Crippen LogP) is 5.50. The Kier molecular flexibility index (Phi) is 7.12. The summed E-state index contributed by atoms with van der Waals surface area (Å²) in [5, 5.41) is 6.49. The highest BCUT2D eigenvalue weighted by Crippen LogP contribution is 2.34. The molecule has 0 radical (unpaired) electrons. The number of pyridine rings is 1. The van der Waals surface area contributed by atoms with E-state index < -0.39 is 0 Å². The minimum atomic E-state index is 0.688. The molecule has 1 N–H and O–H groups in total. The quantitative estimate of drug-likeness (QED) is 0.255. The fraction of sp³-hybridized carbons (Fsp3) is 0.360. The SMILES string of the molecule is CCCN(CCCNc1c2ccc(Cl)cc2nc2ccc(OC)cc12)Cc1nccn1C. The predicted molar refractivity (Wildman–Crippen MR) is 133 cm³/mol. The van der Waals surface area contributed by atoms with Crippen LogP contribution in [0.15, 0.2) is 48.8 Å². The van der Waals surface area contributed by atoms with Crippen LogP contribution in [0.5, 0.6) is 5.75 Å². The number of aryl methyl sites for hydroxylation is 1. The van der Waals surface area contributed by atoms with Crippen LogP contribution in [-0.4, -0.2) is 46.2 Å². The molecule has 2 aromatic heterocycles. The number of benzene rings is 2. The lowest BCUT2D eigenvalue weighted by Gasteiger charge is -2.22. The van der Waals surface area contributed by atoms with Crippen molar-refractivity contribution in [1.29, 1.82) is 0 Å². The molecule has 0 aliphatic heterocycles. The standard InChI is InChI=1S/C25H30ClN5O/c1-4-12-31(17-24-27-11-14-30(24)2)13-5-10-28-25-20-8-6-18(26)15-23(20)29-22-9-7-19(32-3)16-21(22)25/h6-9,11,14-16H,4-5,10,12-13,17H2,1-3H3,(H,28,29). The second kappa shape index (κ2) is 10.2. The molecule has 0 saturated carbocycles. The Bertz CT molecular complexity index is 1210. The maximum absolute atomic E-state index is 6.24. The lowest BCUT2D eigenvalue weighted by atomic mass is 10.1. The van der Waals surface area contributed by atoms with Crippen molar-refractivity contribution < 1.29 is 4.74 Å². The number of hydrogen-bond donors (Lipinski definition) is 1. The van der Waals surface area contributed by atoms with Gasteiger partial charge in [-0.25, -0.2) is 9.97 Å². The van der Waals surface area contributed by atoms with Gasteiger partial charge in [-0.3, -0.25) is 4.90 Å². The van der Waals surface area contributed by atoms with E-state index in [1.54, 1.807) is 7.11 Å². The second-order valence-electron chi connectivity index (χ2n) is 8.04. The van der Waals surface area contributed by atoms with Gasteiger partial charge in [-0.1, -0.05) is 18.5 Å². The van der Waals surface area contributed by atoms with Gasteiger partial charge in [0.25, 0.3) is 0 Å². The Morgan fingerprint density at radius 3 is 2.72 bits per heavy atom. The molecule has 0 spiro atoms. The first-order valence-corrected chi connectivity index (χ1v) is 11.5. The van der Waals surface area contributed by atoms with Crippen molar-refractivity contribution >= 4 is 39.1 Å². The van der Waals surface area contributed by atoms with Crippen LogP contribution < -0.4 is 10.1 Å². The number of nitrogens with zero attached hydrogens (tertiary/aromatic N) is 4. The van der Waals surface area contributed by atoms with Crippen molar-refractivity contribution in [2.45, 2.75) is 26.3 Å². The molecule has 0 fully saturated rings. The Balaban J connectivity index is 1.52. The zero-order chi connectivity index (χ0) is 22.5. The minimum Gasteiger partial charge on any atom is -0.497 e. The molecular weight excluding hydrogens is 422 g/mol. The molecule has 0 atom stereocenters. The second-order valence-corrected chi connectivity index (χ2v) is 8.48. The van der Waals surface area contributed by atoms with Gasteiger partial charge < -0.3 is 14.6 Å². The summed E-state index contributed by atoms with van der Waals surface area (Å²) in [5.74, 6) is 1.92. The first kappa shape index (κ1) is 22.4. The summed E-state index contributed by atoms with van der Waals surface area (Å²) in [5.41, 5.74) is 2.89. The van der Waals surface area contributed by atoms with E-state index in [-0.39, 0.29) is 0 Å². The van der Waals surface area contributed by atoms with Crippen molar-refractivity contribution in [1.82, 2.24) is 19.4 Å². The average molecular weight is 452 g/mol. The molecule has 0 saturated heterocycles. The van der Waals surface area contributed by atoms with Crippen LogP contribution in [0.4, 0.5) is 5.69 Å². The highest BCUT2D eigenvalue weighted by molar-refractivity contribution is 6.31. The smallest absolute Gasteiger partial charge is 0.122 e. The van der Waals surface area contributed by atoms with E-state index in [0.29, 0.717) is 5.02 Å². The number of fused-ring (bicyclic) bond motifs is 2. The van der Waals surface area contributed by atoms with E-state index in [1.165, 1.54) is 0 Å². The van der Waals surface area contributed by atoms with Crippen LogP contribution in [0.2, 0.25) is 5.02 Å². The normalized spacial score (nSPS) is 11.5. The fourth-order valence-corrected chi connectivity index (χ4v) is 4.23. The largest absolute Gasteiger partial charge is 0.497 e. The molecule has 168 valence electrons. The number of halogens is 1. The monoisotopic (exact) mass is 451 g/mol. The Morgan fingerprint density at radius 1 is 1.09 bits per heavy atom. The van der Waals surface area contributed by atoms with Crippen molar-refractivity contribution in [3.05, 3.63) is 59.6 Å². The van der Waals surface area contributed by atoms with Crippen molar-refractivity contribution in [3.8, 4) is 5.75 Å². The molecular formula is C25H30ClN5O.